The molecule has 6 aromatic rings. The Balaban J connectivity index is 0.834. The summed E-state index contributed by atoms with van der Waals surface area (Å²) in [6, 6.07) is 23.2. The average Bonchev–Trinajstić information content (AvgIpc) is 3.99. The molecular formula is C47H49N7O8. The number of piperidine rings is 1. The number of carboxylic acid groups (broad SMARTS) is 1. The quantitative estimate of drug-likeness (QED) is 0.102. The van der Waals surface area contributed by atoms with Crippen LogP contribution in [0.2, 0.25) is 0 Å². The Morgan fingerprint density at radius 2 is 1.81 bits per heavy atom. The molecule has 5 N–H and O–H groups in total. The monoisotopic (exact) mass is 839 g/mol. The molecule has 3 aromatic carbocycles. The number of amides is 1. The van der Waals surface area contributed by atoms with Gasteiger partial charge in [-0.2, -0.15) is 5.10 Å². The number of hydrogen-bond donors (Lipinski definition) is 5. The molecule has 1 saturated heterocycles. The molecule has 15 nitrogen and oxygen atoms in total. The molecule has 0 bridgehead atoms. The second-order valence-electron chi connectivity index (χ2n) is 16.6. The fourth-order valence-electron chi connectivity index (χ4n) is 9.23. The Morgan fingerprint density at radius 1 is 1.00 bits per heavy atom. The zero-order valence-corrected chi connectivity index (χ0v) is 34.8. The maximum Gasteiger partial charge on any atom is 0.415 e. The number of nitrogens with zero attached hydrogens (tertiary/aromatic N) is 6. The van der Waals surface area contributed by atoms with Gasteiger partial charge in [0.05, 0.1) is 30.1 Å². The molecule has 3 aromatic heterocycles. The molecule has 1 fully saturated rings. The first-order valence-electron chi connectivity index (χ1n) is 21.1. The van der Waals surface area contributed by atoms with E-state index in [2.05, 4.69) is 65.5 Å². The van der Waals surface area contributed by atoms with Gasteiger partial charge in [0.15, 0.2) is 11.9 Å². The lowest BCUT2D eigenvalue weighted by atomic mass is 9.94. The lowest BCUT2D eigenvalue weighted by Gasteiger charge is -2.31. The van der Waals surface area contributed by atoms with Crippen molar-refractivity contribution in [2.45, 2.75) is 84.5 Å². The SMILES string of the molecule is CCc1c2c(nc3ccc(OC(=O)N4CCC(CCn5ccc6cc(N7C(c8cccc(C(C)C)c8)=NNC7O)ccc65)CC4)cc13)-c1cc(C(O)C(=O)O)c(CO)c(=O)n1C2. The van der Waals surface area contributed by atoms with Crippen LogP contribution in [0.4, 0.5) is 10.5 Å². The summed E-state index contributed by atoms with van der Waals surface area (Å²) in [6.45, 7) is 7.74. The molecule has 62 heavy (non-hydrogen) atoms. The zero-order valence-electron chi connectivity index (χ0n) is 34.8. The maximum atomic E-state index is 13.4. The number of fused-ring (bicyclic) bond motifs is 5. The average molecular weight is 840 g/mol. The van der Waals surface area contributed by atoms with E-state index < -0.39 is 36.7 Å². The predicted molar refractivity (Wildman–Crippen MR) is 234 cm³/mol. The van der Waals surface area contributed by atoms with Gasteiger partial charge in [-0.05, 0) is 103 Å². The highest BCUT2D eigenvalue weighted by Crippen LogP contribution is 2.38. The van der Waals surface area contributed by atoms with E-state index in [0.29, 0.717) is 59.8 Å². The number of pyridine rings is 2. The summed E-state index contributed by atoms with van der Waals surface area (Å²) in [4.78, 5) is 46.9. The lowest BCUT2D eigenvalue weighted by molar-refractivity contribution is -0.147. The normalized spacial score (nSPS) is 16.8. The molecule has 3 aliphatic rings. The minimum Gasteiger partial charge on any atom is -0.479 e. The van der Waals surface area contributed by atoms with Crippen LogP contribution in [0.15, 0.2) is 88.9 Å². The molecule has 2 atom stereocenters. The lowest BCUT2D eigenvalue weighted by Crippen LogP contribution is -2.40. The van der Waals surface area contributed by atoms with Crippen LogP contribution < -0.4 is 20.6 Å². The molecule has 0 saturated carbocycles. The van der Waals surface area contributed by atoms with Crippen molar-refractivity contribution < 1.29 is 34.8 Å². The standard InChI is InChI=1S/C47H49N7O8/c1-4-33-34-22-32(9-10-38(34)48-41-36(33)24-53-40(41)23-35(42(56)45(58)59)37(25-55)44(53)57)62-47(61)52-17-13-27(14-18-52)12-16-51-19-15-29-21-31(8-11-39(29)51)54-43(49-50-46(54)60)30-7-5-6-28(20-30)26(2)3/h5-11,15,19-23,26-27,42,46,50,55-56,60H,4,12-14,16-18,24-25H2,1-3H3,(H,58,59). The van der Waals surface area contributed by atoms with Crippen LogP contribution in [0.3, 0.4) is 0 Å². The van der Waals surface area contributed by atoms with Crippen molar-refractivity contribution in [2.75, 3.05) is 18.0 Å². The van der Waals surface area contributed by atoms with Gasteiger partial charge in [0.2, 0.25) is 6.35 Å². The third kappa shape index (κ3) is 7.25. The van der Waals surface area contributed by atoms with Gasteiger partial charge < -0.3 is 39.2 Å². The van der Waals surface area contributed by atoms with Crippen molar-refractivity contribution in [3.05, 3.63) is 123 Å². The van der Waals surface area contributed by atoms with Gasteiger partial charge in [-0.25, -0.2) is 14.6 Å². The number of amidine groups is 1. The molecule has 9 rings (SSSR count). The number of aromatic nitrogens is 3. The summed E-state index contributed by atoms with van der Waals surface area (Å²) in [7, 11) is 0. The first kappa shape index (κ1) is 40.8. The largest absolute Gasteiger partial charge is 0.479 e. The second kappa shape index (κ2) is 16.4. The highest BCUT2D eigenvalue weighted by atomic mass is 16.6. The van der Waals surface area contributed by atoms with Gasteiger partial charge in [-0.1, -0.05) is 39.0 Å². The Labute approximate surface area is 357 Å². The number of carboxylic acids is 1. The van der Waals surface area contributed by atoms with E-state index in [1.165, 1.54) is 16.2 Å². The smallest absolute Gasteiger partial charge is 0.415 e. The van der Waals surface area contributed by atoms with Crippen LogP contribution in [0.1, 0.15) is 85.4 Å². The first-order valence-corrected chi connectivity index (χ1v) is 21.1. The number of aryl methyl sites for hydroxylation is 2. The summed E-state index contributed by atoms with van der Waals surface area (Å²) in [5.74, 6) is 0.330. The first-order chi connectivity index (χ1) is 29.9. The summed E-state index contributed by atoms with van der Waals surface area (Å²) in [5, 5.41) is 46.9. The number of aliphatic carboxylic acids is 1. The summed E-state index contributed by atoms with van der Waals surface area (Å²) < 4.78 is 9.62. The zero-order chi connectivity index (χ0) is 43.4. The summed E-state index contributed by atoms with van der Waals surface area (Å²) >= 11 is 0. The molecule has 1 amide bonds. The molecule has 2 unspecified atom stereocenters. The van der Waals surface area contributed by atoms with Crippen LogP contribution in [-0.2, 0) is 30.9 Å². The number of carbonyl (C=O) groups is 2. The van der Waals surface area contributed by atoms with Crippen molar-refractivity contribution in [3.8, 4) is 17.1 Å². The third-order valence-electron chi connectivity index (χ3n) is 12.7. The van der Waals surface area contributed by atoms with E-state index in [1.807, 2.05) is 30.0 Å². The number of nitrogens with one attached hydrogen (secondary N) is 1. The topological polar surface area (TPSA) is 195 Å². The van der Waals surface area contributed by atoms with Crippen molar-refractivity contribution in [1.29, 1.82) is 0 Å². The predicted octanol–water partition coefficient (Wildman–Crippen LogP) is 6.02. The molecule has 6 heterocycles. The van der Waals surface area contributed by atoms with Gasteiger partial charge in [-0.3, -0.25) is 15.1 Å². The van der Waals surface area contributed by atoms with Crippen molar-refractivity contribution >= 4 is 45.4 Å². The van der Waals surface area contributed by atoms with Gasteiger partial charge in [0, 0.05) is 70.1 Å². The molecule has 0 spiro atoms. The number of ether oxygens (including phenoxy) is 1. The number of benzene rings is 3. The number of likely N-dealkylation sites (tertiary alicyclic amines) is 1. The molecule has 0 radical (unpaired) electrons. The van der Waals surface area contributed by atoms with Crippen LogP contribution in [0, 0.1) is 5.92 Å². The van der Waals surface area contributed by atoms with Gasteiger partial charge in [0.1, 0.15) is 5.75 Å². The number of anilines is 1. The van der Waals surface area contributed by atoms with Crippen molar-refractivity contribution in [3.63, 3.8) is 0 Å². The highest BCUT2D eigenvalue weighted by Gasteiger charge is 2.32. The van der Waals surface area contributed by atoms with Crippen LogP contribution in [0.25, 0.3) is 33.2 Å². The second-order valence-corrected chi connectivity index (χ2v) is 16.6. The summed E-state index contributed by atoms with van der Waals surface area (Å²) in [6.07, 6.45) is 1.99. The molecule has 0 aliphatic carbocycles. The van der Waals surface area contributed by atoms with Gasteiger partial charge in [0.25, 0.3) is 5.56 Å². The number of hydrogen-bond acceptors (Lipinski definition) is 11. The fraction of sp³-hybridized carbons (Fsp3) is 0.340. The van der Waals surface area contributed by atoms with E-state index in [0.717, 1.165) is 64.5 Å². The molecule has 15 heteroatoms. The number of hydrazone groups is 1. The Bertz CT molecular complexity index is 2840. The van der Waals surface area contributed by atoms with Crippen molar-refractivity contribution in [2.24, 2.45) is 11.0 Å². The van der Waals surface area contributed by atoms with E-state index >= 15 is 0 Å². The van der Waals surface area contributed by atoms with E-state index in [4.69, 9.17) is 9.72 Å². The number of aliphatic hydroxyl groups excluding tert-OH is 3. The summed E-state index contributed by atoms with van der Waals surface area (Å²) in [5.41, 5.74) is 9.17. The highest BCUT2D eigenvalue weighted by molar-refractivity contribution is 6.11. The van der Waals surface area contributed by atoms with Crippen LogP contribution in [-0.4, -0.2) is 76.8 Å². The maximum absolute atomic E-state index is 13.4. The number of rotatable bonds is 11. The van der Waals surface area contributed by atoms with Gasteiger partial charge in [-0.15, -0.1) is 0 Å². The Kier molecular flexibility index (Phi) is 10.8. The minimum absolute atomic E-state index is 0.160. The van der Waals surface area contributed by atoms with Crippen LogP contribution in [0.5, 0.6) is 5.75 Å². The third-order valence-corrected chi connectivity index (χ3v) is 12.7. The number of carbonyl (C=O) groups excluding carboxylic acids is 1. The molecule has 3 aliphatic heterocycles. The van der Waals surface area contributed by atoms with E-state index in [-0.39, 0.29) is 17.7 Å². The van der Waals surface area contributed by atoms with E-state index in [1.54, 1.807) is 23.1 Å². The Morgan fingerprint density at radius 3 is 2.55 bits per heavy atom. The van der Waals surface area contributed by atoms with E-state index in [9.17, 15) is 34.8 Å². The number of aliphatic hydroxyl groups is 3. The molecule has 320 valence electrons. The molecular weight excluding hydrogens is 791 g/mol. The Hall–Kier alpha value is -6.55. The fourth-order valence-corrected chi connectivity index (χ4v) is 9.23. The van der Waals surface area contributed by atoms with Crippen molar-refractivity contribution in [1.82, 2.24) is 24.4 Å². The van der Waals surface area contributed by atoms with Gasteiger partial charge >= 0.3 is 12.1 Å². The van der Waals surface area contributed by atoms with Crippen LogP contribution >= 0.6 is 0 Å². The minimum atomic E-state index is -1.98.